The first-order chi connectivity index (χ1) is 28.6. The normalized spacial score (nSPS) is 14.2. The molecule has 59 heavy (non-hydrogen) atoms. The van der Waals surface area contributed by atoms with Gasteiger partial charge in [0.25, 0.3) is 11.9 Å². The number of fused-ring (bicyclic) bond motifs is 2. The maximum Gasteiger partial charge on any atom is 0.346 e. The van der Waals surface area contributed by atoms with Crippen LogP contribution in [0.15, 0.2) is 105 Å². The summed E-state index contributed by atoms with van der Waals surface area (Å²) in [7, 11) is -3.20. The first kappa shape index (κ1) is 45.7. The maximum absolute atomic E-state index is 12.8. The SMILES string of the molecule is O=C1C2=CSc3n(-c4ccccc4)nn[n+]3CC2=NN1c1ccccc1.[C-]#[N+]/C(C)=C/NS(C)(=O)=O.[C-]#[N+]C(C(=O)OCCCCCCCCCCCC)=C1OCCO1. The van der Waals surface area contributed by atoms with Gasteiger partial charge in [-0.1, -0.05) is 101 Å². The molecule has 18 heteroatoms. The van der Waals surface area contributed by atoms with Crippen LogP contribution in [0.4, 0.5) is 5.69 Å². The van der Waals surface area contributed by atoms with Crippen LogP contribution in [0.3, 0.4) is 0 Å². The lowest BCUT2D eigenvalue weighted by molar-refractivity contribution is -0.775. The molecule has 1 saturated heterocycles. The fraction of sp³-hybridized carbons (Fsp3) is 0.415. The van der Waals surface area contributed by atoms with Gasteiger partial charge in [0.1, 0.15) is 36.4 Å². The number of para-hydroxylation sites is 2. The summed E-state index contributed by atoms with van der Waals surface area (Å²) < 4.78 is 41.6. The number of rotatable bonds is 16. The number of hydrazone groups is 1. The molecule has 312 valence electrons. The Kier molecular flexibility index (Phi) is 18.6. The second-order valence-electron chi connectivity index (χ2n) is 13.4. The zero-order valence-electron chi connectivity index (χ0n) is 33.6. The minimum Gasteiger partial charge on any atom is -0.470 e. The lowest BCUT2D eigenvalue weighted by Gasteiger charge is -2.10. The van der Waals surface area contributed by atoms with E-state index in [4.69, 9.17) is 27.4 Å². The number of amides is 1. The Balaban J connectivity index is 0.000000215. The number of allylic oxidation sites excluding steroid dienone is 1. The van der Waals surface area contributed by atoms with Gasteiger partial charge in [-0.3, -0.25) is 9.59 Å². The number of esters is 1. The molecule has 1 amide bonds. The molecule has 1 aromatic heterocycles. The van der Waals surface area contributed by atoms with E-state index in [-0.39, 0.29) is 17.5 Å². The van der Waals surface area contributed by atoms with E-state index in [9.17, 15) is 18.0 Å². The average Bonchev–Trinajstić information content (AvgIpc) is 3.96. The lowest BCUT2D eigenvalue weighted by Crippen LogP contribution is -2.41. The minimum absolute atomic E-state index is 0.00748. The first-order valence-electron chi connectivity index (χ1n) is 19.4. The Hall–Kier alpha value is -5.98. The van der Waals surface area contributed by atoms with E-state index >= 15 is 0 Å². The number of tetrazole rings is 1. The van der Waals surface area contributed by atoms with Crippen molar-refractivity contribution in [2.75, 3.05) is 31.1 Å². The van der Waals surface area contributed by atoms with Gasteiger partial charge in [-0.05, 0) is 59.5 Å². The van der Waals surface area contributed by atoms with Crippen LogP contribution in [-0.4, -0.2) is 67.2 Å². The van der Waals surface area contributed by atoms with Crippen LogP contribution < -0.4 is 14.4 Å². The molecule has 4 heterocycles. The number of nitrogens with zero attached hydrogens (tertiary/aromatic N) is 8. The molecule has 3 aromatic rings. The molecule has 6 rings (SSSR count). The number of ether oxygens (including phenoxy) is 3. The summed E-state index contributed by atoms with van der Waals surface area (Å²) in [4.78, 5) is 30.7. The molecule has 0 unspecified atom stereocenters. The van der Waals surface area contributed by atoms with E-state index in [2.05, 4.69) is 36.9 Å². The van der Waals surface area contributed by atoms with Gasteiger partial charge in [0.05, 0.1) is 37.3 Å². The molecular formula is C41H50N9O7S2+. The van der Waals surface area contributed by atoms with Gasteiger partial charge in [0, 0.05) is 6.20 Å². The number of thioether (sulfide) groups is 1. The summed E-state index contributed by atoms with van der Waals surface area (Å²) in [6, 6.07) is 19.2. The zero-order valence-corrected chi connectivity index (χ0v) is 35.2. The van der Waals surface area contributed by atoms with Crippen molar-refractivity contribution in [3.63, 3.8) is 0 Å². The van der Waals surface area contributed by atoms with Gasteiger partial charge in [0.2, 0.25) is 10.0 Å². The van der Waals surface area contributed by atoms with Crippen LogP contribution in [0.5, 0.6) is 0 Å². The Morgan fingerprint density at radius 3 is 2.10 bits per heavy atom. The van der Waals surface area contributed by atoms with Gasteiger partial charge in [0.15, 0.2) is 10.9 Å². The third-order valence-corrected chi connectivity index (χ3v) is 10.1. The number of benzene rings is 2. The number of anilines is 1. The molecule has 2 aromatic carbocycles. The highest BCUT2D eigenvalue weighted by molar-refractivity contribution is 8.02. The summed E-state index contributed by atoms with van der Waals surface area (Å²) in [5.41, 5.74) is 3.09. The molecule has 0 saturated carbocycles. The van der Waals surface area contributed by atoms with Crippen LogP contribution in [0.25, 0.3) is 15.4 Å². The summed E-state index contributed by atoms with van der Waals surface area (Å²) in [6.45, 7) is 18.7. The largest absolute Gasteiger partial charge is 0.470 e. The van der Waals surface area contributed by atoms with Crippen molar-refractivity contribution < 1.29 is 36.9 Å². The number of aromatic nitrogens is 4. The van der Waals surface area contributed by atoms with Crippen molar-refractivity contribution in [2.24, 2.45) is 5.10 Å². The maximum atomic E-state index is 12.8. The predicted molar refractivity (Wildman–Crippen MR) is 224 cm³/mol. The highest BCUT2D eigenvalue weighted by atomic mass is 32.2. The molecule has 0 atom stereocenters. The van der Waals surface area contributed by atoms with E-state index in [0.29, 0.717) is 43.3 Å². The minimum atomic E-state index is -3.20. The fourth-order valence-electron chi connectivity index (χ4n) is 5.57. The number of carbonyl (C=O) groups is 2. The van der Waals surface area contributed by atoms with Crippen LogP contribution >= 0.6 is 11.8 Å². The van der Waals surface area contributed by atoms with Crippen molar-refractivity contribution in [1.82, 2.24) is 19.8 Å². The third-order valence-electron chi connectivity index (χ3n) is 8.61. The summed E-state index contributed by atoms with van der Waals surface area (Å²) >= 11 is 1.43. The predicted octanol–water partition coefficient (Wildman–Crippen LogP) is 6.85. The van der Waals surface area contributed by atoms with Crippen molar-refractivity contribution in [2.45, 2.75) is 89.8 Å². The van der Waals surface area contributed by atoms with Crippen LogP contribution in [-0.2, 0) is 40.4 Å². The highest BCUT2D eigenvalue weighted by Gasteiger charge is 2.37. The molecule has 16 nitrogen and oxygen atoms in total. The van der Waals surface area contributed by atoms with E-state index in [1.54, 1.807) is 9.36 Å². The molecule has 3 aliphatic rings. The highest BCUT2D eigenvalue weighted by Crippen LogP contribution is 2.29. The summed E-state index contributed by atoms with van der Waals surface area (Å²) in [5.74, 6) is -0.760. The van der Waals surface area contributed by atoms with Crippen molar-refractivity contribution in [3.8, 4) is 5.69 Å². The molecular weight excluding hydrogens is 795 g/mol. The van der Waals surface area contributed by atoms with Crippen molar-refractivity contribution in [3.05, 3.63) is 118 Å². The molecule has 0 aliphatic carbocycles. The summed E-state index contributed by atoms with van der Waals surface area (Å²) in [5, 5.41) is 17.1. The molecule has 0 spiro atoms. The smallest absolute Gasteiger partial charge is 0.346 e. The van der Waals surface area contributed by atoms with E-state index in [1.807, 2.05) is 66.1 Å². The van der Waals surface area contributed by atoms with E-state index < -0.39 is 16.0 Å². The number of hydrogen-bond donors (Lipinski definition) is 1. The van der Waals surface area contributed by atoms with Crippen molar-refractivity contribution in [1.29, 1.82) is 0 Å². The quantitative estimate of drug-likeness (QED) is 0.0530. The van der Waals surface area contributed by atoms with Crippen molar-refractivity contribution >= 4 is 45.1 Å². The van der Waals surface area contributed by atoms with Gasteiger partial charge in [-0.15, -0.1) is 4.68 Å². The topological polar surface area (TPSA) is 167 Å². The number of nitrogens with one attached hydrogen (secondary N) is 1. The molecule has 0 radical (unpaired) electrons. The monoisotopic (exact) mass is 844 g/mol. The molecule has 3 aliphatic heterocycles. The zero-order chi connectivity index (χ0) is 42.5. The number of unbranched alkanes of at least 4 members (excludes halogenated alkanes) is 9. The third kappa shape index (κ3) is 14.7. The van der Waals surface area contributed by atoms with Gasteiger partial charge >= 0.3 is 16.8 Å². The Bertz CT molecular complexity index is 2180. The number of hydrogen-bond acceptors (Lipinski definition) is 11. The first-order valence-corrected chi connectivity index (χ1v) is 22.1. The average molecular weight is 845 g/mol. The van der Waals surface area contributed by atoms with E-state index in [1.165, 1.54) is 75.1 Å². The van der Waals surface area contributed by atoms with Crippen LogP contribution in [0.2, 0.25) is 0 Å². The van der Waals surface area contributed by atoms with E-state index in [0.717, 1.165) is 41.8 Å². The summed E-state index contributed by atoms with van der Waals surface area (Å²) in [6.07, 6.45) is 14.5. The second-order valence-corrected chi connectivity index (χ2v) is 16.0. The molecule has 1 N–H and O–H groups in total. The van der Waals surface area contributed by atoms with Gasteiger partial charge < -0.3 is 18.9 Å². The van der Waals surface area contributed by atoms with Gasteiger partial charge in [-0.25, -0.2) is 18.1 Å². The standard InChI is InChI=1S/C18H13N6OS.C18H29NO4.C5H8N2O2S/c25-17-15-12-26-18-22(20-21-24(18)14-9-5-2-6-10-14)11-16(15)19-23(17)13-7-3-1-4-8-13;1-3-4-5-6-7-8-9-10-11-12-13-21-17(20)16(19-2)18-22-14-15-23-18;1-5(6-2)4-7-10(3,8)9/h1-10,12H,11H2;3-15H2,1H3;4,7H,1,3H3/q+1;;/b;;5-4+. The van der Waals surface area contributed by atoms with Crippen LogP contribution in [0.1, 0.15) is 78.1 Å². The second kappa shape index (κ2) is 24.1. The van der Waals surface area contributed by atoms with Gasteiger partial charge in [-0.2, -0.15) is 10.1 Å². The fourth-order valence-corrected chi connectivity index (χ4v) is 6.88. The van der Waals surface area contributed by atoms with Crippen LogP contribution in [0, 0.1) is 13.1 Å². The molecule has 0 bridgehead atoms. The lowest BCUT2D eigenvalue weighted by atomic mass is 10.1. The number of carbonyl (C=O) groups excluding carboxylic acids is 2. The number of sulfonamides is 1. The Morgan fingerprint density at radius 1 is 0.932 bits per heavy atom. The Labute approximate surface area is 350 Å². The Morgan fingerprint density at radius 2 is 1.53 bits per heavy atom. The molecule has 1 fully saturated rings.